The first-order valence-electron chi connectivity index (χ1n) is 6.27. The van der Waals surface area contributed by atoms with Crippen molar-refractivity contribution in [2.45, 2.75) is 19.9 Å². The molecule has 1 aromatic heterocycles. The summed E-state index contributed by atoms with van der Waals surface area (Å²) in [5, 5.41) is 0. The van der Waals surface area contributed by atoms with E-state index < -0.39 is 0 Å². The van der Waals surface area contributed by atoms with Crippen molar-refractivity contribution < 1.29 is 4.74 Å². The van der Waals surface area contributed by atoms with Gasteiger partial charge in [-0.15, -0.1) is 0 Å². The summed E-state index contributed by atoms with van der Waals surface area (Å²) < 4.78 is 5.30. The third-order valence-electron chi connectivity index (χ3n) is 3.36. The third-order valence-corrected chi connectivity index (χ3v) is 3.36. The highest BCUT2D eigenvalue weighted by Crippen LogP contribution is 2.30. The molecule has 2 N–H and O–H groups in total. The molecule has 18 heavy (non-hydrogen) atoms. The lowest BCUT2D eigenvalue weighted by molar-refractivity contribution is 0.208. The van der Waals surface area contributed by atoms with Crippen molar-refractivity contribution in [1.82, 2.24) is 14.9 Å². The van der Waals surface area contributed by atoms with Crippen LogP contribution in [0.2, 0.25) is 0 Å². The highest BCUT2D eigenvalue weighted by molar-refractivity contribution is 5.62. The van der Waals surface area contributed by atoms with Crippen molar-refractivity contribution in [3.05, 3.63) is 6.33 Å². The van der Waals surface area contributed by atoms with E-state index in [1.165, 1.54) is 6.33 Å². The molecule has 6 nitrogen and oxygen atoms in total. The van der Waals surface area contributed by atoms with Gasteiger partial charge in [0.25, 0.3) is 0 Å². The van der Waals surface area contributed by atoms with Gasteiger partial charge in [-0.05, 0) is 13.8 Å². The highest BCUT2D eigenvalue weighted by atomic mass is 16.5. The third kappa shape index (κ3) is 2.48. The van der Waals surface area contributed by atoms with Crippen LogP contribution < -0.4 is 15.4 Å². The molecule has 0 spiro atoms. The second kappa shape index (κ2) is 5.39. The molecular formula is C12H21N5O. The Morgan fingerprint density at radius 2 is 1.89 bits per heavy atom. The summed E-state index contributed by atoms with van der Waals surface area (Å²) in [6.45, 7) is 8.38. The van der Waals surface area contributed by atoms with Gasteiger partial charge >= 0.3 is 0 Å². The molecule has 1 aliphatic rings. The largest absolute Gasteiger partial charge is 0.490 e. The molecule has 0 bridgehead atoms. The van der Waals surface area contributed by atoms with E-state index in [0.717, 1.165) is 32.0 Å². The molecular weight excluding hydrogens is 230 g/mol. The average molecular weight is 251 g/mol. The number of aromatic nitrogens is 2. The summed E-state index contributed by atoms with van der Waals surface area (Å²) in [6, 6.07) is 0.588. The first-order valence-corrected chi connectivity index (χ1v) is 6.27. The summed E-state index contributed by atoms with van der Waals surface area (Å²) in [5.41, 5.74) is 5.80. The number of methoxy groups -OCH3 is 1. The number of ether oxygens (including phenoxy) is 1. The zero-order chi connectivity index (χ0) is 13.1. The zero-order valence-electron chi connectivity index (χ0n) is 11.3. The number of hydrogen-bond acceptors (Lipinski definition) is 6. The fourth-order valence-corrected chi connectivity index (χ4v) is 2.25. The number of nitrogen functional groups attached to an aromatic ring is 1. The van der Waals surface area contributed by atoms with Crippen LogP contribution in [0, 0.1) is 0 Å². The number of piperazine rings is 1. The van der Waals surface area contributed by atoms with Crippen LogP contribution in [0.3, 0.4) is 0 Å². The van der Waals surface area contributed by atoms with Gasteiger partial charge in [0, 0.05) is 32.2 Å². The lowest BCUT2D eigenvalue weighted by Gasteiger charge is -2.37. The van der Waals surface area contributed by atoms with Crippen LogP contribution >= 0.6 is 0 Å². The van der Waals surface area contributed by atoms with Gasteiger partial charge in [0.1, 0.15) is 6.33 Å². The van der Waals surface area contributed by atoms with Crippen molar-refractivity contribution >= 4 is 11.6 Å². The number of anilines is 2. The number of rotatable bonds is 3. The topological polar surface area (TPSA) is 67.5 Å². The summed E-state index contributed by atoms with van der Waals surface area (Å²) in [5.74, 6) is 1.78. The maximum Gasteiger partial charge on any atom is 0.204 e. The smallest absolute Gasteiger partial charge is 0.204 e. The monoisotopic (exact) mass is 251 g/mol. The van der Waals surface area contributed by atoms with E-state index in [2.05, 4.69) is 33.6 Å². The Balaban J connectivity index is 2.12. The number of nitrogens with two attached hydrogens (primary N) is 1. The maximum atomic E-state index is 5.80. The molecule has 0 unspecified atom stereocenters. The minimum atomic E-state index is 0.397. The standard InChI is InChI=1S/C12H21N5O/c1-9(2)16-4-6-17(7-5-16)12-10(18-3)11(13)14-8-15-12/h8-9H,4-7H2,1-3H3,(H2,13,14,15). The Bertz CT molecular complexity index is 401. The quantitative estimate of drug-likeness (QED) is 0.848. The summed E-state index contributed by atoms with van der Waals surface area (Å²) >= 11 is 0. The Kier molecular flexibility index (Phi) is 3.86. The van der Waals surface area contributed by atoms with E-state index in [-0.39, 0.29) is 0 Å². The Morgan fingerprint density at radius 1 is 1.22 bits per heavy atom. The number of nitrogens with zero attached hydrogens (tertiary/aromatic N) is 4. The van der Waals surface area contributed by atoms with Gasteiger partial charge in [-0.25, -0.2) is 9.97 Å². The van der Waals surface area contributed by atoms with E-state index in [4.69, 9.17) is 10.5 Å². The second-order valence-corrected chi connectivity index (χ2v) is 4.73. The predicted molar refractivity (Wildman–Crippen MR) is 71.9 cm³/mol. The number of hydrogen-bond donors (Lipinski definition) is 1. The lowest BCUT2D eigenvalue weighted by atomic mass is 10.2. The van der Waals surface area contributed by atoms with Crippen molar-refractivity contribution in [2.75, 3.05) is 43.9 Å². The van der Waals surface area contributed by atoms with Crippen molar-refractivity contribution in [1.29, 1.82) is 0 Å². The molecule has 0 atom stereocenters. The SMILES string of the molecule is COc1c(N)ncnc1N1CCN(C(C)C)CC1. The van der Waals surface area contributed by atoms with Crippen LogP contribution in [0.15, 0.2) is 6.33 Å². The first kappa shape index (κ1) is 12.9. The molecule has 0 aliphatic carbocycles. The summed E-state index contributed by atoms with van der Waals surface area (Å²) in [7, 11) is 1.60. The summed E-state index contributed by atoms with van der Waals surface area (Å²) in [6.07, 6.45) is 1.49. The molecule has 1 saturated heterocycles. The molecule has 1 fully saturated rings. The molecule has 2 heterocycles. The molecule has 1 aliphatic heterocycles. The predicted octanol–water partition coefficient (Wildman–Crippen LogP) is 0.598. The summed E-state index contributed by atoms with van der Waals surface area (Å²) in [4.78, 5) is 12.9. The zero-order valence-corrected chi connectivity index (χ0v) is 11.3. The van der Waals surface area contributed by atoms with Gasteiger partial charge in [0.05, 0.1) is 7.11 Å². The van der Waals surface area contributed by atoms with Crippen LogP contribution in [-0.4, -0.2) is 54.2 Å². The molecule has 0 radical (unpaired) electrons. The van der Waals surface area contributed by atoms with Gasteiger partial charge in [-0.2, -0.15) is 0 Å². The molecule has 100 valence electrons. The van der Waals surface area contributed by atoms with Crippen LogP contribution in [0.5, 0.6) is 5.75 Å². The van der Waals surface area contributed by atoms with Crippen LogP contribution in [0.4, 0.5) is 11.6 Å². The highest BCUT2D eigenvalue weighted by Gasteiger charge is 2.23. The second-order valence-electron chi connectivity index (χ2n) is 4.73. The van der Waals surface area contributed by atoms with E-state index >= 15 is 0 Å². The normalized spacial score (nSPS) is 17.2. The van der Waals surface area contributed by atoms with Crippen LogP contribution in [-0.2, 0) is 0 Å². The molecule has 6 heteroatoms. The minimum Gasteiger partial charge on any atom is -0.490 e. The van der Waals surface area contributed by atoms with E-state index in [1.807, 2.05) is 0 Å². The van der Waals surface area contributed by atoms with E-state index in [0.29, 0.717) is 17.6 Å². The van der Waals surface area contributed by atoms with Gasteiger partial charge in [0.2, 0.25) is 5.75 Å². The van der Waals surface area contributed by atoms with E-state index in [1.54, 1.807) is 7.11 Å². The maximum absolute atomic E-state index is 5.80. The van der Waals surface area contributed by atoms with Crippen LogP contribution in [0.1, 0.15) is 13.8 Å². The van der Waals surface area contributed by atoms with Gasteiger partial charge < -0.3 is 15.4 Å². The molecule has 0 aromatic carbocycles. The lowest BCUT2D eigenvalue weighted by Crippen LogP contribution is -2.49. The fourth-order valence-electron chi connectivity index (χ4n) is 2.25. The van der Waals surface area contributed by atoms with Crippen molar-refractivity contribution in [2.24, 2.45) is 0 Å². The van der Waals surface area contributed by atoms with Gasteiger partial charge in [0.15, 0.2) is 11.6 Å². The Morgan fingerprint density at radius 3 is 2.44 bits per heavy atom. The molecule has 2 rings (SSSR count). The Labute approximate surface area is 108 Å². The van der Waals surface area contributed by atoms with Crippen LogP contribution in [0.25, 0.3) is 0 Å². The van der Waals surface area contributed by atoms with Crippen molar-refractivity contribution in [3.8, 4) is 5.75 Å². The average Bonchev–Trinajstić information content (AvgIpc) is 2.38. The van der Waals surface area contributed by atoms with Gasteiger partial charge in [-0.3, -0.25) is 4.90 Å². The van der Waals surface area contributed by atoms with Gasteiger partial charge in [-0.1, -0.05) is 0 Å². The molecule has 1 aromatic rings. The fraction of sp³-hybridized carbons (Fsp3) is 0.667. The molecule has 0 saturated carbocycles. The first-order chi connectivity index (χ1) is 8.63. The van der Waals surface area contributed by atoms with Crippen molar-refractivity contribution in [3.63, 3.8) is 0 Å². The minimum absolute atomic E-state index is 0.397. The van der Waals surface area contributed by atoms with E-state index in [9.17, 15) is 0 Å². The molecule has 0 amide bonds. The Hall–Kier alpha value is -1.56.